The number of hydrogen-bond donors (Lipinski definition) is 1. The van der Waals surface area contributed by atoms with Crippen LogP contribution in [0.2, 0.25) is 0 Å². The molecule has 1 N–H and O–H groups in total. The first-order valence-electron chi connectivity index (χ1n) is 11.0. The SMILES string of the molecule is Cn1c(=O)n(C)c2cc(-n3cc(C(=O)O)c(=O)n(C4CCc5c4cccc5C(F)(F)F)c3=O)c(F)cc21. The molecular formula is C24H18F4N4O5. The van der Waals surface area contributed by atoms with Gasteiger partial charge in [0.25, 0.3) is 5.56 Å². The number of carboxylic acid groups (broad SMARTS) is 1. The average Bonchev–Trinajstić information content (AvgIpc) is 3.33. The second kappa shape index (κ2) is 8.05. The molecule has 0 spiro atoms. The molecule has 13 heteroatoms. The fourth-order valence-electron chi connectivity index (χ4n) is 5.03. The lowest BCUT2D eigenvalue weighted by Crippen LogP contribution is -2.44. The van der Waals surface area contributed by atoms with Gasteiger partial charge in [-0.25, -0.2) is 18.8 Å². The van der Waals surface area contributed by atoms with Crippen LogP contribution < -0.4 is 16.9 Å². The molecule has 0 aliphatic heterocycles. The Kier molecular flexibility index (Phi) is 5.28. The topological polar surface area (TPSA) is 108 Å². The highest BCUT2D eigenvalue weighted by Gasteiger charge is 2.38. The van der Waals surface area contributed by atoms with Gasteiger partial charge in [-0.2, -0.15) is 13.2 Å². The van der Waals surface area contributed by atoms with Gasteiger partial charge in [-0.15, -0.1) is 0 Å². The second-order valence-electron chi connectivity index (χ2n) is 8.79. The maximum Gasteiger partial charge on any atom is 0.416 e. The van der Waals surface area contributed by atoms with Crippen LogP contribution in [0, 0.1) is 5.82 Å². The standard InChI is InChI=1S/C24H18F4N4O5/c1-29-18-8-15(25)17(9-19(18)30(2)22(29)36)31-10-13(21(34)35)20(33)32(23(31)37)16-7-6-11-12(16)4-3-5-14(11)24(26,27)28/h3-5,8-10,16H,6-7H2,1-2H3,(H,34,35). The minimum Gasteiger partial charge on any atom is -0.477 e. The maximum atomic E-state index is 15.2. The number of aryl methyl sites for hydroxylation is 2. The fraction of sp³-hybridized carbons (Fsp3) is 0.250. The van der Waals surface area contributed by atoms with Crippen LogP contribution in [0.25, 0.3) is 16.7 Å². The van der Waals surface area contributed by atoms with Crippen LogP contribution in [-0.4, -0.2) is 29.3 Å². The molecule has 1 aliphatic rings. The molecule has 1 aliphatic carbocycles. The first-order valence-corrected chi connectivity index (χ1v) is 11.0. The lowest BCUT2D eigenvalue weighted by molar-refractivity contribution is -0.138. The largest absolute Gasteiger partial charge is 0.477 e. The third kappa shape index (κ3) is 3.52. The van der Waals surface area contributed by atoms with Gasteiger partial charge in [0.05, 0.1) is 28.3 Å². The van der Waals surface area contributed by atoms with E-state index in [1.807, 2.05) is 0 Å². The summed E-state index contributed by atoms with van der Waals surface area (Å²) in [5.74, 6) is -2.69. The van der Waals surface area contributed by atoms with Crippen molar-refractivity contribution in [2.24, 2.45) is 14.1 Å². The summed E-state index contributed by atoms with van der Waals surface area (Å²) in [4.78, 5) is 50.8. The number of hydrogen-bond acceptors (Lipinski definition) is 4. The molecule has 9 nitrogen and oxygen atoms in total. The summed E-state index contributed by atoms with van der Waals surface area (Å²) >= 11 is 0. The number of carbonyl (C=O) groups is 1. The Balaban J connectivity index is 1.81. The Morgan fingerprint density at radius 2 is 1.68 bits per heavy atom. The van der Waals surface area contributed by atoms with Gasteiger partial charge in [-0.05, 0) is 36.1 Å². The van der Waals surface area contributed by atoms with E-state index < -0.39 is 57.8 Å². The molecule has 192 valence electrons. The number of carboxylic acids is 1. The van der Waals surface area contributed by atoms with Crippen LogP contribution in [0.4, 0.5) is 17.6 Å². The Morgan fingerprint density at radius 1 is 1.03 bits per heavy atom. The average molecular weight is 518 g/mol. The van der Waals surface area contributed by atoms with E-state index in [1.54, 1.807) is 0 Å². The van der Waals surface area contributed by atoms with Gasteiger partial charge in [-0.3, -0.25) is 23.1 Å². The molecule has 0 saturated carbocycles. The normalized spacial score (nSPS) is 15.4. The summed E-state index contributed by atoms with van der Waals surface area (Å²) in [5.41, 5.74) is -4.64. The van der Waals surface area contributed by atoms with E-state index in [0.717, 1.165) is 24.3 Å². The van der Waals surface area contributed by atoms with Gasteiger partial charge in [0.2, 0.25) is 0 Å². The highest BCUT2D eigenvalue weighted by atomic mass is 19.4. The van der Waals surface area contributed by atoms with Crippen molar-refractivity contribution in [3.05, 3.63) is 95.9 Å². The Morgan fingerprint density at radius 3 is 2.30 bits per heavy atom. The van der Waals surface area contributed by atoms with Crippen molar-refractivity contribution in [3.8, 4) is 5.69 Å². The quantitative estimate of drug-likeness (QED) is 0.420. The van der Waals surface area contributed by atoms with Crippen molar-refractivity contribution in [2.75, 3.05) is 0 Å². The van der Waals surface area contributed by atoms with Crippen LogP contribution in [0.5, 0.6) is 0 Å². The Labute approximate surface area is 204 Å². The predicted octanol–water partition coefficient (Wildman–Crippen LogP) is 2.58. The number of nitrogens with zero attached hydrogens (tertiary/aromatic N) is 4. The van der Waals surface area contributed by atoms with E-state index in [9.17, 15) is 37.5 Å². The predicted molar refractivity (Wildman–Crippen MR) is 123 cm³/mol. The number of imidazole rings is 1. The lowest BCUT2D eigenvalue weighted by Gasteiger charge is -2.19. The van der Waals surface area contributed by atoms with E-state index >= 15 is 4.39 Å². The number of fused-ring (bicyclic) bond motifs is 2. The molecule has 0 fully saturated rings. The van der Waals surface area contributed by atoms with Crippen LogP contribution in [0.3, 0.4) is 0 Å². The first kappa shape index (κ1) is 24.3. The number of halogens is 4. The first-order chi connectivity index (χ1) is 17.3. The minimum atomic E-state index is -4.67. The van der Waals surface area contributed by atoms with Gasteiger partial charge < -0.3 is 5.11 Å². The van der Waals surface area contributed by atoms with Gasteiger partial charge in [0.1, 0.15) is 11.4 Å². The van der Waals surface area contributed by atoms with Crippen molar-refractivity contribution in [1.29, 1.82) is 0 Å². The smallest absolute Gasteiger partial charge is 0.416 e. The number of rotatable bonds is 3. The summed E-state index contributed by atoms with van der Waals surface area (Å²) in [6.45, 7) is 0. The molecule has 1 atom stereocenters. The van der Waals surface area contributed by atoms with E-state index in [2.05, 4.69) is 0 Å². The van der Waals surface area contributed by atoms with E-state index in [0.29, 0.717) is 15.3 Å². The van der Waals surface area contributed by atoms with E-state index in [1.165, 1.54) is 29.3 Å². The van der Waals surface area contributed by atoms with E-state index in [-0.39, 0.29) is 35.0 Å². The van der Waals surface area contributed by atoms with Gasteiger partial charge >= 0.3 is 23.5 Å². The summed E-state index contributed by atoms with van der Waals surface area (Å²) < 4.78 is 59.4. The van der Waals surface area contributed by atoms with Crippen LogP contribution >= 0.6 is 0 Å². The zero-order chi connectivity index (χ0) is 27.0. The highest BCUT2D eigenvalue weighted by Crippen LogP contribution is 2.41. The van der Waals surface area contributed by atoms with Crippen molar-refractivity contribution < 1.29 is 27.5 Å². The second-order valence-corrected chi connectivity index (χ2v) is 8.79. The number of aromatic carboxylic acids is 1. The molecule has 0 amide bonds. The zero-order valence-electron chi connectivity index (χ0n) is 19.3. The molecule has 2 aromatic heterocycles. The van der Waals surface area contributed by atoms with Gasteiger partial charge in [-0.1, -0.05) is 12.1 Å². The summed E-state index contributed by atoms with van der Waals surface area (Å²) in [7, 11) is 2.85. The molecule has 1 unspecified atom stereocenters. The molecule has 0 bridgehead atoms. The minimum absolute atomic E-state index is 0.0597. The lowest BCUT2D eigenvalue weighted by atomic mass is 10.0. The maximum absolute atomic E-state index is 15.2. The van der Waals surface area contributed by atoms with Crippen LogP contribution in [0.1, 0.15) is 39.5 Å². The molecule has 0 radical (unpaired) electrons. The summed E-state index contributed by atoms with van der Waals surface area (Å²) in [6, 6.07) is 4.35. The molecule has 4 aromatic rings. The molecule has 37 heavy (non-hydrogen) atoms. The van der Waals surface area contributed by atoms with Crippen LogP contribution in [-0.2, 0) is 26.7 Å². The highest BCUT2D eigenvalue weighted by molar-refractivity contribution is 5.87. The van der Waals surface area contributed by atoms with Gasteiger partial charge in [0, 0.05) is 26.4 Å². The molecular weight excluding hydrogens is 500 g/mol. The number of benzene rings is 2. The molecule has 0 saturated heterocycles. The number of aromatic nitrogens is 4. The fourth-order valence-corrected chi connectivity index (χ4v) is 5.03. The van der Waals surface area contributed by atoms with Crippen molar-refractivity contribution >= 4 is 17.0 Å². The molecule has 2 heterocycles. The molecule has 2 aromatic carbocycles. The van der Waals surface area contributed by atoms with Crippen molar-refractivity contribution in [2.45, 2.75) is 25.1 Å². The van der Waals surface area contributed by atoms with E-state index in [4.69, 9.17) is 0 Å². The zero-order valence-corrected chi connectivity index (χ0v) is 19.3. The van der Waals surface area contributed by atoms with Crippen LogP contribution in [0.15, 0.2) is 50.9 Å². The molecule has 5 rings (SSSR count). The van der Waals surface area contributed by atoms with Crippen molar-refractivity contribution in [1.82, 2.24) is 18.3 Å². The number of alkyl halides is 3. The third-order valence-corrected chi connectivity index (χ3v) is 6.81. The summed E-state index contributed by atoms with van der Waals surface area (Å²) in [5, 5.41) is 9.65. The Bertz CT molecular complexity index is 1810. The monoisotopic (exact) mass is 518 g/mol. The van der Waals surface area contributed by atoms with Crippen molar-refractivity contribution in [3.63, 3.8) is 0 Å². The Hall–Kier alpha value is -4.42. The third-order valence-electron chi connectivity index (χ3n) is 6.81. The summed E-state index contributed by atoms with van der Waals surface area (Å²) in [6.07, 6.45) is -4.17. The van der Waals surface area contributed by atoms with Gasteiger partial charge in [0.15, 0.2) is 0 Å².